The first-order valence-electron chi connectivity index (χ1n) is 12.8. The molecule has 2 fully saturated rings. The first-order valence-corrected chi connectivity index (χ1v) is 12.8. The van der Waals surface area contributed by atoms with E-state index in [2.05, 4.69) is 15.5 Å². The summed E-state index contributed by atoms with van der Waals surface area (Å²) >= 11 is 0. The molecule has 2 atom stereocenters. The van der Waals surface area contributed by atoms with Crippen LogP contribution in [0.3, 0.4) is 0 Å². The van der Waals surface area contributed by atoms with Crippen molar-refractivity contribution >= 4 is 22.8 Å². The summed E-state index contributed by atoms with van der Waals surface area (Å²) in [7, 11) is 0. The van der Waals surface area contributed by atoms with Gasteiger partial charge in [-0.1, -0.05) is 45.0 Å². The number of carbonyl (C=O) groups excluding carboxylic acids is 1. The lowest BCUT2D eigenvalue weighted by molar-refractivity contribution is 0.0506. The molecule has 2 aromatic carbocycles. The fourth-order valence-electron chi connectivity index (χ4n) is 5.82. The van der Waals surface area contributed by atoms with Gasteiger partial charge in [0.1, 0.15) is 5.82 Å². The Bertz CT molecular complexity index is 1440. The minimum Gasteiger partial charge on any atom is -0.465 e. The van der Waals surface area contributed by atoms with Crippen LogP contribution >= 0.6 is 0 Å². The number of amides is 2. The molecule has 3 heterocycles. The summed E-state index contributed by atoms with van der Waals surface area (Å²) in [5.74, 6) is -0.970. The zero-order valence-corrected chi connectivity index (χ0v) is 21.7. The molecule has 10 heteroatoms. The third-order valence-electron chi connectivity index (χ3n) is 7.56. The second-order valence-electron chi connectivity index (χ2n) is 11.3. The van der Waals surface area contributed by atoms with Gasteiger partial charge in [-0.25, -0.2) is 14.3 Å². The number of likely N-dealkylation sites (tertiary alicyclic amines) is 2. The number of rotatable bonds is 5. The van der Waals surface area contributed by atoms with E-state index in [1.807, 2.05) is 32.9 Å². The Kier molecular flexibility index (Phi) is 6.68. The van der Waals surface area contributed by atoms with Crippen molar-refractivity contribution in [1.82, 2.24) is 25.3 Å². The second kappa shape index (κ2) is 9.83. The van der Waals surface area contributed by atoms with E-state index in [1.165, 1.54) is 11.0 Å². The van der Waals surface area contributed by atoms with Crippen LogP contribution in [0.2, 0.25) is 0 Å². The van der Waals surface area contributed by atoms with Crippen LogP contribution in [0.4, 0.5) is 9.18 Å². The van der Waals surface area contributed by atoms with Gasteiger partial charge in [-0.3, -0.25) is 9.59 Å². The molecule has 0 spiro atoms. The lowest BCUT2D eigenvalue weighted by Crippen LogP contribution is -2.64. The van der Waals surface area contributed by atoms with Crippen molar-refractivity contribution in [3.63, 3.8) is 0 Å². The summed E-state index contributed by atoms with van der Waals surface area (Å²) in [5, 5.41) is 21.1. The van der Waals surface area contributed by atoms with Crippen LogP contribution in [0.15, 0.2) is 47.3 Å². The Morgan fingerprint density at radius 2 is 1.87 bits per heavy atom. The quantitative estimate of drug-likeness (QED) is 0.475. The molecular formula is C28H32FN5O4. The van der Waals surface area contributed by atoms with Crippen molar-refractivity contribution in [3.8, 4) is 0 Å². The molecule has 2 aliphatic rings. The molecule has 0 radical (unpaired) electrons. The molecule has 1 unspecified atom stereocenters. The number of aromatic nitrogens is 2. The molecule has 2 aliphatic heterocycles. The van der Waals surface area contributed by atoms with Crippen molar-refractivity contribution in [2.24, 2.45) is 5.41 Å². The first-order chi connectivity index (χ1) is 18.0. The summed E-state index contributed by atoms with van der Waals surface area (Å²) < 4.78 is 14.7. The van der Waals surface area contributed by atoms with E-state index in [4.69, 9.17) is 0 Å². The summed E-state index contributed by atoms with van der Waals surface area (Å²) in [6.07, 6.45) is 0.126. The number of fused-ring (bicyclic) bond motifs is 1. The highest BCUT2D eigenvalue weighted by molar-refractivity contribution is 5.95. The second-order valence-corrected chi connectivity index (χ2v) is 11.3. The van der Waals surface area contributed by atoms with E-state index in [9.17, 15) is 23.9 Å². The highest BCUT2D eigenvalue weighted by atomic mass is 19.1. The highest BCUT2D eigenvalue weighted by Gasteiger charge is 2.46. The number of H-pyrrole nitrogens is 1. The van der Waals surface area contributed by atoms with Gasteiger partial charge in [0.15, 0.2) is 0 Å². The number of carbonyl (C=O) groups is 2. The zero-order chi connectivity index (χ0) is 27.2. The van der Waals surface area contributed by atoms with Crippen molar-refractivity contribution in [2.75, 3.05) is 19.6 Å². The number of carboxylic acid groups (broad SMARTS) is 1. The number of nitrogens with one attached hydrogen (secondary N) is 2. The molecular weight excluding hydrogens is 489 g/mol. The number of hydrogen-bond acceptors (Lipinski definition) is 5. The monoisotopic (exact) mass is 521 g/mol. The number of halogens is 1. The van der Waals surface area contributed by atoms with Gasteiger partial charge in [0.05, 0.1) is 22.7 Å². The van der Waals surface area contributed by atoms with Crippen LogP contribution < -0.4 is 10.9 Å². The third-order valence-corrected chi connectivity index (χ3v) is 7.56. The van der Waals surface area contributed by atoms with Gasteiger partial charge in [0, 0.05) is 43.5 Å². The fourth-order valence-corrected chi connectivity index (χ4v) is 5.82. The maximum absolute atomic E-state index is 14.7. The maximum Gasteiger partial charge on any atom is 0.407 e. The van der Waals surface area contributed by atoms with Crippen LogP contribution in [0.25, 0.3) is 10.8 Å². The topological polar surface area (TPSA) is 119 Å². The van der Waals surface area contributed by atoms with E-state index >= 15 is 0 Å². The minimum absolute atomic E-state index is 0.000155. The molecule has 9 nitrogen and oxygen atoms in total. The van der Waals surface area contributed by atoms with Gasteiger partial charge in [0.25, 0.3) is 11.5 Å². The van der Waals surface area contributed by atoms with Crippen LogP contribution in [-0.4, -0.2) is 74.9 Å². The Morgan fingerprint density at radius 1 is 1.16 bits per heavy atom. The summed E-state index contributed by atoms with van der Waals surface area (Å²) in [6.45, 7) is 7.42. The standard InChI is InChI=1S/C28H32FN5O4/c1-28(2,3)24-22(10-11-34(24)27(37)38)30-17-14-33(15-17)26(36)20-12-16(8-9-21(20)29)13-23-18-6-4-5-7-19(18)25(35)32-31-23/h4-9,12,17,22,24,30H,10-11,13-15H2,1-3H3,(H,32,35)(H,37,38)/t22?,24-/m1/s1. The number of aromatic amines is 1. The van der Waals surface area contributed by atoms with Gasteiger partial charge in [0.2, 0.25) is 0 Å². The smallest absolute Gasteiger partial charge is 0.407 e. The maximum atomic E-state index is 14.7. The molecule has 0 aliphatic carbocycles. The van der Waals surface area contributed by atoms with E-state index in [0.717, 1.165) is 0 Å². The molecule has 2 saturated heterocycles. The molecule has 2 amide bonds. The van der Waals surface area contributed by atoms with Crippen molar-refractivity contribution in [1.29, 1.82) is 0 Å². The molecule has 38 heavy (non-hydrogen) atoms. The molecule has 0 bridgehead atoms. The third kappa shape index (κ3) is 4.88. The van der Waals surface area contributed by atoms with E-state index < -0.39 is 11.9 Å². The van der Waals surface area contributed by atoms with Crippen LogP contribution in [-0.2, 0) is 6.42 Å². The van der Waals surface area contributed by atoms with Gasteiger partial charge < -0.3 is 20.2 Å². The molecule has 200 valence electrons. The van der Waals surface area contributed by atoms with Crippen LogP contribution in [0.1, 0.15) is 48.8 Å². The molecule has 1 aromatic heterocycles. The predicted octanol–water partition coefficient (Wildman–Crippen LogP) is 3.23. The summed E-state index contributed by atoms with van der Waals surface area (Å²) in [5.41, 5.74) is 0.838. The van der Waals surface area contributed by atoms with Crippen molar-refractivity contribution in [3.05, 3.63) is 75.5 Å². The number of benzene rings is 2. The predicted molar refractivity (Wildman–Crippen MR) is 141 cm³/mol. The van der Waals surface area contributed by atoms with E-state index in [0.29, 0.717) is 54.5 Å². The Balaban J connectivity index is 1.26. The molecule has 5 rings (SSSR count). The average molecular weight is 522 g/mol. The largest absolute Gasteiger partial charge is 0.465 e. The Morgan fingerprint density at radius 3 is 2.55 bits per heavy atom. The zero-order valence-electron chi connectivity index (χ0n) is 21.7. The van der Waals surface area contributed by atoms with Gasteiger partial charge in [-0.15, -0.1) is 0 Å². The normalized spacial score (nSPS) is 20.1. The van der Waals surface area contributed by atoms with Crippen molar-refractivity contribution in [2.45, 2.75) is 51.7 Å². The van der Waals surface area contributed by atoms with Crippen molar-refractivity contribution < 1.29 is 19.1 Å². The van der Waals surface area contributed by atoms with Gasteiger partial charge in [-0.2, -0.15) is 5.10 Å². The average Bonchev–Trinajstić information content (AvgIpc) is 3.29. The van der Waals surface area contributed by atoms with Crippen LogP contribution in [0, 0.1) is 11.2 Å². The molecule has 3 aromatic rings. The molecule has 0 saturated carbocycles. The Labute approximate surface area is 219 Å². The lowest BCUT2D eigenvalue weighted by Gasteiger charge is -2.44. The number of hydrogen-bond donors (Lipinski definition) is 3. The van der Waals surface area contributed by atoms with E-state index in [-0.39, 0.29) is 40.6 Å². The molecule has 3 N–H and O–H groups in total. The first kappa shape index (κ1) is 25.8. The highest BCUT2D eigenvalue weighted by Crippen LogP contribution is 2.34. The number of nitrogens with zero attached hydrogens (tertiary/aromatic N) is 3. The van der Waals surface area contributed by atoms with Gasteiger partial charge in [-0.05, 0) is 35.6 Å². The summed E-state index contributed by atoms with van der Waals surface area (Å²) in [4.78, 5) is 40.1. The van der Waals surface area contributed by atoms with E-state index in [1.54, 1.807) is 29.2 Å². The van der Waals surface area contributed by atoms with Gasteiger partial charge >= 0.3 is 6.09 Å². The Hall–Kier alpha value is -3.79. The lowest BCUT2D eigenvalue weighted by atomic mass is 9.82. The minimum atomic E-state index is -0.917. The summed E-state index contributed by atoms with van der Waals surface area (Å²) in [6, 6.07) is 11.5. The van der Waals surface area contributed by atoms with Crippen LogP contribution in [0.5, 0.6) is 0 Å². The SMILES string of the molecule is CC(C)(C)[C@H]1C(NC2CN(C(=O)c3cc(Cc4n[nH]c(=O)c5ccccc45)ccc3F)C2)CCN1C(=O)O. The fraction of sp³-hybridized carbons (Fsp3) is 0.429.